The Bertz CT molecular complexity index is 3130. The van der Waals surface area contributed by atoms with Crippen LogP contribution in [0.3, 0.4) is 0 Å². The molecule has 7 fully saturated rings. The van der Waals surface area contributed by atoms with Crippen molar-refractivity contribution in [2.45, 2.75) is 467 Å². The minimum atomic E-state index is -2.40. The summed E-state index contributed by atoms with van der Waals surface area (Å²) in [5, 5.41) is 236. The van der Waals surface area contributed by atoms with Crippen LogP contribution in [0.25, 0.3) is 0 Å². The zero-order valence-electron chi connectivity index (χ0n) is 76.1. The van der Waals surface area contributed by atoms with Crippen molar-refractivity contribution in [3.63, 3.8) is 0 Å². The third kappa shape index (κ3) is 34.4. The minimum absolute atomic E-state index is 0.155. The summed E-state index contributed by atoms with van der Waals surface area (Å²) in [6.45, 7) is -0.101. The molecule has 4 amide bonds. The van der Waals surface area contributed by atoms with Gasteiger partial charge in [-0.05, 0) is 19.3 Å². The monoisotopic (exact) mass is 1880 g/mol. The number of aliphatic hydroxyl groups excluding tert-OH is 20. The summed E-state index contributed by atoms with van der Waals surface area (Å²) >= 11 is 0. The van der Waals surface area contributed by atoms with Crippen molar-refractivity contribution >= 4 is 23.6 Å². The highest BCUT2D eigenvalue weighted by Gasteiger charge is 2.59. The third-order valence-electron chi connectivity index (χ3n) is 25.2. The maximum absolute atomic E-state index is 13.7. The third-order valence-corrected chi connectivity index (χ3v) is 25.2. The van der Waals surface area contributed by atoms with Crippen molar-refractivity contribution in [3.05, 3.63) is 12.2 Å². The van der Waals surface area contributed by atoms with Crippen molar-refractivity contribution < 1.29 is 188 Å². The average Bonchev–Trinajstić information content (AvgIpc) is 0.763. The van der Waals surface area contributed by atoms with E-state index in [0.717, 1.165) is 72.1 Å². The maximum atomic E-state index is 13.7. The number of aliphatic hydroxyl groups is 20. The van der Waals surface area contributed by atoms with Crippen molar-refractivity contribution in [1.29, 1.82) is 0 Å². The quantitative estimate of drug-likeness (QED) is 0.0215. The second-order valence-corrected chi connectivity index (χ2v) is 35.7. The molecule has 42 heteroatoms. The van der Waals surface area contributed by atoms with Crippen molar-refractivity contribution in [2.75, 3.05) is 52.9 Å². The van der Waals surface area contributed by atoms with Crippen LogP contribution in [0.15, 0.2) is 12.2 Å². The molecule has 7 heterocycles. The number of unbranched alkanes of at least 4 members (excludes halogenated alkanes) is 29. The first-order valence-corrected chi connectivity index (χ1v) is 47.5. The molecule has 7 saturated heterocycles. The van der Waals surface area contributed by atoms with E-state index in [1.807, 2.05) is 6.08 Å². The number of carbonyl (C=O) groups excluding carboxylic acids is 4. The molecular formula is C88H158N4O38. The van der Waals surface area contributed by atoms with E-state index < -0.39 is 297 Å². The molecule has 7 aliphatic heterocycles. The molecule has 42 nitrogen and oxygen atoms in total. The van der Waals surface area contributed by atoms with Gasteiger partial charge >= 0.3 is 0 Å². The topological polar surface area (TPSA) is 650 Å². The molecule has 0 aromatic heterocycles. The van der Waals surface area contributed by atoms with E-state index in [4.69, 9.17) is 66.3 Å². The average molecular weight is 1880 g/mol. The Labute approximate surface area is 761 Å². The Kier molecular flexibility index (Phi) is 52.4. The first-order valence-electron chi connectivity index (χ1n) is 47.5. The zero-order valence-corrected chi connectivity index (χ0v) is 76.1. The molecule has 0 aromatic rings. The Hall–Kier alpha value is -3.74. The Morgan fingerprint density at radius 1 is 0.308 bits per heavy atom. The number of carbonyl (C=O) groups is 4. The fourth-order valence-electron chi connectivity index (χ4n) is 17.6. The molecule has 0 aromatic carbocycles. The molecule has 758 valence electrons. The number of rotatable bonds is 60. The SMILES string of the molecule is CCCCCCCCCCCCC/C=C/[C@@H](O)[C@H](CO[C@@H]1OC(CO)[C@@H](O[C@@H]2OC(CO)[C@H](O)[C@H](O[C@@H]3OC(CO)[C@@H](O[C@@H]4OC(CO[C@@H]5OC(CO)[C@@H](O)[C@H](O)C5NC(C)=O)[C@H](O)[C@H](O[C@@H]5OC(CO)[C@@H](O[C@@H]6OC(CO)[C@H](O)[C@H](O)C6O)[C@H](O)C5NC(C)=O)C4O)[C@H](O)C3NC(C)=O)C2O)[C@H](O)C1O)NC(=O)CCCCCCCCCCCCCCCCCCCCC. The molecule has 130 heavy (non-hydrogen) atoms. The second-order valence-electron chi connectivity index (χ2n) is 35.7. The maximum Gasteiger partial charge on any atom is 0.220 e. The first-order chi connectivity index (χ1) is 62.4. The van der Waals surface area contributed by atoms with E-state index in [0.29, 0.717) is 12.8 Å². The van der Waals surface area contributed by atoms with E-state index >= 15 is 0 Å². The lowest BCUT2D eigenvalue weighted by atomic mass is 9.93. The predicted octanol–water partition coefficient (Wildman–Crippen LogP) is -2.90. The first kappa shape index (κ1) is 113. The number of nitrogens with one attached hydrogen (secondary N) is 4. The fourth-order valence-corrected chi connectivity index (χ4v) is 17.6. The van der Waals surface area contributed by atoms with Gasteiger partial charge in [-0.15, -0.1) is 0 Å². The zero-order chi connectivity index (χ0) is 95.1. The van der Waals surface area contributed by atoms with Crippen LogP contribution in [0.4, 0.5) is 0 Å². The minimum Gasteiger partial charge on any atom is -0.394 e. The number of hydrogen-bond donors (Lipinski definition) is 24. The molecule has 0 spiro atoms. The summed E-state index contributed by atoms with van der Waals surface area (Å²) in [7, 11) is 0. The Balaban J connectivity index is 1.03. The molecule has 37 atom stereocenters. The van der Waals surface area contributed by atoms with E-state index in [-0.39, 0.29) is 12.3 Å². The molecule has 14 unspecified atom stereocenters. The van der Waals surface area contributed by atoms with Crippen molar-refractivity contribution in [3.8, 4) is 0 Å². The van der Waals surface area contributed by atoms with Gasteiger partial charge in [0.05, 0.1) is 65.0 Å². The lowest BCUT2D eigenvalue weighted by Gasteiger charge is -2.51. The van der Waals surface area contributed by atoms with Crippen molar-refractivity contribution in [1.82, 2.24) is 21.3 Å². The highest BCUT2D eigenvalue weighted by molar-refractivity contribution is 5.76. The summed E-state index contributed by atoms with van der Waals surface area (Å²) in [6, 6.07) is -6.53. The van der Waals surface area contributed by atoms with Gasteiger partial charge < -0.3 is 190 Å². The van der Waals surface area contributed by atoms with Crippen LogP contribution in [0, 0.1) is 0 Å². The largest absolute Gasteiger partial charge is 0.394 e. The molecular weight excluding hydrogens is 1720 g/mol. The van der Waals surface area contributed by atoms with Crippen LogP contribution in [0.5, 0.6) is 0 Å². The summed E-state index contributed by atoms with van der Waals surface area (Å²) in [6.07, 6.45) is -25.1. The van der Waals surface area contributed by atoms with Gasteiger partial charge in [0.1, 0.15) is 171 Å². The fraction of sp³-hybridized carbons (Fsp3) is 0.932. The van der Waals surface area contributed by atoms with Crippen LogP contribution < -0.4 is 21.3 Å². The molecule has 7 rings (SSSR count). The van der Waals surface area contributed by atoms with Crippen LogP contribution in [-0.2, 0) is 85.5 Å². The number of allylic oxidation sites excluding steroid dienone is 1. The smallest absolute Gasteiger partial charge is 0.220 e. The van der Waals surface area contributed by atoms with E-state index in [1.165, 1.54) is 135 Å². The van der Waals surface area contributed by atoms with Gasteiger partial charge in [0, 0.05) is 27.2 Å². The van der Waals surface area contributed by atoms with Gasteiger partial charge in [-0.2, -0.15) is 0 Å². The standard InChI is InChI=1S/C88H158N4O38/c1-6-8-10-12-14-16-18-20-21-22-23-24-25-27-29-31-33-35-37-39-60(103)92-51(52(102)38-36-34-32-30-28-26-19-17-15-13-11-9-7-2)46-117-85-74(114)72(112)79(58(45-98)124-85)128-87-75(115)80(66(106)55(42-95)121-87)129-83-63(91-50(5)101)70(110)78(57(44-97)123-83)127-88-76(116)81(67(107)59(125-88)47-118-82-61(89-48(3)99)68(108)64(104)53(40-93)119-82)130-84-62(90-49(4)100)69(109)77(56(43-96)122-84)126-86-73(113)71(111)65(105)54(41-94)120-86/h36,38,51-59,61-88,93-98,102,104-116H,6-35,37,39-47H2,1-5H3,(H,89,99)(H,90,100)(H,91,101)(H,92,103)/b38-36+/t51-,52+,53?,54?,55?,56?,57?,58?,59?,61?,62?,63?,64+,65-,66-,67-,68+,69+,70+,71-,72+,73?,74?,75?,76?,77+,78+,79+,80-,81-,82+,83-,84-,85+,86-,87-,88-/m0/s1. The number of amides is 4. The van der Waals surface area contributed by atoms with Gasteiger partial charge in [0.15, 0.2) is 44.0 Å². The van der Waals surface area contributed by atoms with E-state index in [1.54, 1.807) is 6.08 Å². The van der Waals surface area contributed by atoms with Gasteiger partial charge in [-0.25, -0.2) is 0 Å². The van der Waals surface area contributed by atoms with Crippen LogP contribution in [0.2, 0.25) is 0 Å². The second kappa shape index (κ2) is 60.2. The van der Waals surface area contributed by atoms with Crippen LogP contribution >= 0.6 is 0 Å². The van der Waals surface area contributed by atoms with Gasteiger partial charge in [-0.1, -0.05) is 206 Å². The number of ether oxygens (including phenoxy) is 14. The Morgan fingerprint density at radius 3 is 1.02 bits per heavy atom. The molecule has 0 radical (unpaired) electrons. The van der Waals surface area contributed by atoms with Crippen LogP contribution in [0.1, 0.15) is 240 Å². The van der Waals surface area contributed by atoms with Gasteiger partial charge in [0.2, 0.25) is 23.6 Å². The van der Waals surface area contributed by atoms with Crippen molar-refractivity contribution in [2.24, 2.45) is 0 Å². The van der Waals surface area contributed by atoms with Crippen LogP contribution in [-0.4, -0.2) is 406 Å². The highest BCUT2D eigenvalue weighted by atomic mass is 16.8. The molecule has 0 bridgehead atoms. The molecule has 0 aliphatic carbocycles. The summed E-state index contributed by atoms with van der Waals surface area (Å²) in [5.41, 5.74) is 0. The summed E-state index contributed by atoms with van der Waals surface area (Å²) in [4.78, 5) is 52.3. The van der Waals surface area contributed by atoms with E-state index in [2.05, 4.69) is 35.1 Å². The molecule has 24 N–H and O–H groups in total. The lowest BCUT2D eigenvalue weighted by Crippen LogP contribution is -2.71. The normalized spacial score (nSPS) is 37.2. The highest BCUT2D eigenvalue weighted by Crippen LogP contribution is 2.39. The summed E-state index contributed by atoms with van der Waals surface area (Å²) < 4.78 is 83.8. The van der Waals surface area contributed by atoms with Gasteiger partial charge in [0.25, 0.3) is 0 Å². The Morgan fingerprint density at radius 2 is 0.615 bits per heavy atom. The van der Waals surface area contributed by atoms with Gasteiger partial charge in [-0.3, -0.25) is 19.2 Å². The predicted molar refractivity (Wildman–Crippen MR) is 456 cm³/mol. The lowest BCUT2D eigenvalue weighted by molar-refractivity contribution is -0.389. The summed E-state index contributed by atoms with van der Waals surface area (Å²) in [5.74, 6) is -2.96. The molecule has 7 aliphatic rings. The number of hydrogen-bond acceptors (Lipinski definition) is 38. The molecule has 0 saturated carbocycles. The van der Waals surface area contributed by atoms with E-state index in [9.17, 15) is 121 Å².